The van der Waals surface area contributed by atoms with E-state index in [0.29, 0.717) is 0 Å². The molecule has 0 aromatic rings. The van der Waals surface area contributed by atoms with Gasteiger partial charge >= 0.3 is 0 Å². The number of nitrogens with zero attached hydrogens (tertiary/aromatic N) is 1. The van der Waals surface area contributed by atoms with E-state index >= 15 is 0 Å². The van der Waals surface area contributed by atoms with Crippen LogP contribution in [0.3, 0.4) is 0 Å². The molecule has 0 aromatic heterocycles. The zero-order valence-electron chi connectivity index (χ0n) is 8.30. The first-order valence-corrected chi connectivity index (χ1v) is 6.61. The third-order valence-corrected chi connectivity index (χ3v) is 4.04. The zero-order valence-corrected chi connectivity index (χ0v) is 9.11. The summed E-state index contributed by atoms with van der Waals surface area (Å²) < 4.78 is 0. The van der Waals surface area contributed by atoms with Crippen molar-refractivity contribution in [1.82, 2.24) is 10.2 Å². The van der Waals surface area contributed by atoms with Crippen LogP contribution < -0.4 is 5.32 Å². The van der Waals surface area contributed by atoms with Gasteiger partial charge in [-0.1, -0.05) is 0 Å². The Labute approximate surface area is 85.4 Å². The summed E-state index contributed by atoms with van der Waals surface area (Å²) in [4.78, 5) is 2.66. The lowest BCUT2D eigenvalue weighted by molar-refractivity contribution is 0.254. The fraction of sp³-hybridized carbons (Fsp3) is 1.00. The largest absolute Gasteiger partial charge is 0.316 e. The zero-order chi connectivity index (χ0) is 8.93. The fourth-order valence-electron chi connectivity index (χ4n) is 2.22. The lowest BCUT2D eigenvalue weighted by atomic mass is 10.1. The minimum Gasteiger partial charge on any atom is -0.316 e. The van der Waals surface area contributed by atoms with Crippen molar-refractivity contribution in [2.24, 2.45) is 5.92 Å². The second-order valence-electron chi connectivity index (χ2n) is 4.13. The highest BCUT2D eigenvalue weighted by atomic mass is 32.2. The first-order valence-electron chi connectivity index (χ1n) is 5.46. The van der Waals surface area contributed by atoms with Crippen molar-refractivity contribution in [3.05, 3.63) is 0 Å². The summed E-state index contributed by atoms with van der Waals surface area (Å²) in [5.41, 5.74) is 0. The lowest BCUT2D eigenvalue weighted by Gasteiger charge is -2.22. The van der Waals surface area contributed by atoms with Crippen LogP contribution in [-0.4, -0.2) is 49.1 Å². The number of thioether (sulfide) groups is 1. The molecular formula is C10H20N2S. The van der Waals surface area contributed by atoms with E-state index in [1.54, 1.807) is 0 Å². The van der Waals surface area contributed by atoms with Crippen LogP contribution in [0.15, 0.2) is 0 Å². The Bertz CT molecular complexity index is 138. The van der Waals surface area contributed by atoms with E-state index in [2.05, 4.69) is 22.0 Å². The van der Waals surface area contributed by atoms with Crippen molar-refractivity contribution >= 4 is 11.8 Å². The van der Waals surface area contributed by atoms with E-state index in [1.165, 1.54) is 57.1 Å². The second kappa shape index (κ2) is 5.23. The molecule has 3 heteroatoms. The quantitative estimate of drug-likeness (QED) is 0.717. The Hall–Kier alpha value is 0.270. The van der Waals surface area contributed by atoms with Gasteiger partial charge in [0.25, 0.3) is 0 Å². The molecule has 76 valence electrons. The highest BCUT2D eigenvalue weighted by molar-refractivity contribution is 7.99. The SMILES string of the molecule is C1CSCCN(CC2CCNC2)C1. The van der Waals surface area contributed by atoms with Gasteiger partial charge in [0, 0.05) is 18.8 Å². The van der Waals surface area contributed by atoms with Crippen molar-refractivity contribution in [2.45, 2.75) is 12.8 Å². The fourth-order valence-corrected chi connectivity index (χ4v) is 3.14. The normalized spacial score (nSPS) is 31.8. The van der Waals surface area contributed by atoms with Crippen LogP contribution in [0.2, 0.25) is 0 Å². The average Bonchev–Trinajstić information content (AvgIpc) is 2.49. The molecule has 1 atom stereocenters. The second-order valence-corrected chi connectivity index (χ2v) is 5.35. The molecule has 2 saturated heterocycles. The molecule has 0 aromatic carbocycles. The van der Waals surface area contributed by atoms with Gasteiger partial charge in [-0.25, -0.2) is 0 Å². The minimum absolute atomic E-state index is 0.933. The van der Waals surface area contributed by atoms with Gasteiger partial charge in [-0.15, -0.1) is 0 Å². The summed E-state index contributed by atoms with van der Waals surface area (Å²) in [5, 5.41) is 3.45. The highest BCUT2D eigenvalue weighted by Crippen LogP contribution is 2.14. The molecule has 2 nitrogen and oxygen atoms in total. The summed E-state index contributed by atoms with van der Waals surface area (Å²) in [6.07, 6.45) is 2.79. The molecule has 0 saturated carbocycles. The van der Waals surface area contributed by atoms with Crippen molar-refractivity contribution in [2.75, 3.05) is 44.2 Å². The lowest BCUT2D eigenvalue weighted by Crippen LogP contribution is -2.32. The van der Waals surface area contributed by atoms with Crippen LogP contribution >= 0.6 is 11.8 Å². The molecule has 0 bridgehead atoms. The van der Waals surface area contributed by atoms with Crippen LogP contribution in [0.1, 0.15) is 12.8 Å². The monoisotopic (exact) mass is 200 g/mol. The molecule has 2 rings (SSSR count). The number of nitrogens with one attached hydrogen (secondary N) is 1. The molecular weight excluding hydrogens is 180 g/mol. The van der Waals surface area contributed by atoms with Crippen molar-refractivity contribution in [3.63, 3.8) is 0 Å². The molecule has 0 aliphatic carbocycles. The Morgan fingerprint density at radius 2 is 2.31 bits per heavy atom. The van der Waals surface area contributed by atoms with Gasteiger partial charge in [0.1, 0.15) is 0 Å². The maximum atomic E-state index is 3.45. The van der Waals surface area contributed by atoms with Gasteiger partial charge in [0.2, 0.25) is 0 Å². The maximum Gasteiger partial charge on any atom is 0.00725 e. The third kappa shape index (κ3) is 3.15. The van der Waals surface area contributed by atoms with E-state index in [0.717, 1.165) is 5.92 Å². The molecule has 0 radical (unpaired) electrons. The van der Waals surface area contributed by atoms with E-state index < -0.39 is 0 Å². The summed E-state index contributed by atoms with van der Waals surface area (Å²) in [6.45, 7) is 6.50. The van der Waals surface area contributed by atoms with Crippen LogP contribution in [-0.2, 0) is 0 Å². The van der Waals surface area contributed by atoms with Crippen LogP contribution in [0.4, 0.5) is 0 Å². The van der Waals surface area contributed by atoms with Crippen LogP contribution in [0.5, 0.6) is 0 Å². The first kappa shape index (κ1) is 9.81. The third-order valence-electron chi connectivity index (χ3n) is 2.99. The molecule has 2 aliphatic rings. The van der Waals surface area contributed by atoms with E-state index in [9.17, 15) is 0 Å². The Morgan fingerprint density at radius 3 is 3.15 bits per heavy atom. The van der Waals surface area contributed by atoms with E-state index in [-0.39, 0.29) is 0 Å². The van der Waals surface area contributed by atoms with Gasteiger partial charge in [-0.05, 0) is 44.1 Å². The standard InChI is InChI=1S/C10H20N2S/c1-4-12(5-7-13-6-1)9-10-2-3-11-8-10/h10-11H,1-9H2. The molecule has 0 spiro atoms. The summed E-state index contributed by atoms with van der Waals surface area (Å²) in [7, 11) is 0. The minimum atomic E-state index is 0.933. The average molecular weight is 200 g/mol. The van der Waals surface area contributed by atoms with E-state index in [1.807, 2.05) is 0 Å². The topological polar surface area (TPSA) is 15.3 Å². The van der Waals surface area contributed by atoms with E-state index in [4.69, 9.17) is 0 Å². The Morgan fingerprint density at radius 1 is 1.31 bits per heavy atom. The molecule has 2 heterocycles. The number of hydrogen-bond donors (Lipinski definition) is 1. The molecule has 2 fully saturated rings. The Kier molecular flexibility index (Phi) is 3.94. The van der Waals surface area contributed by atoms with Gasteiger partial charge in [-0.2, -0.15) is 11.8 Å². The molecule has 13 heavy (non-hydrogen) atoms. The Balaban J connectivity index is 1.71. The van der Waals surface area contributed by atoms with Gasteiger partial charge in [0.05, 0.1) is 0 Å². The number of hydrogen-bond acceptors (Lipinski definition) is 3. The van der Waals surface area contributed by atoms with Gasteiger partial charge < -0.3 is 10.2 Å². The predicted octanol–water partition coefficient (Wildman–Crippen LogP) is 1.03. The summed E-state index contributed by atoms with van der Waals surface area (Å²) >= 11 is 2.12. The molecule has 1 N–H and O–H groups in total. The van der Waals surface area contributed by atoms with Gasteiger partial charge in [0.15, 0.2) is 0 Å². The predicted molar refractivity (Wildman–Crippen MR) is 59.4 cm³/mol. The number of rotatable bonds is 2. The molecule has 1 unspecified atom stereocenters. The van der Waals surface area contributed by atoms with Crippen molar-refractivity contribution in [1.29, 1.82) is 0 Å². The van der Waals surface area contributed by atoms with Crippen molar-refractivity contribution in [3.8, 4) is 0 Å². The highest BCUT2D eigenvalue weighted by Gasteiger charge is 2.18. The first-order chi connectivity index (χ1) is 6.45. The van der Waals surface area contributed by atoms with Crippen molar-refractivity contribution < 1.29 is 0 Å². The molecule has 2 aliphatic heterocycles. The van der Waals surface area contributed by atoms with Crippen LogP contribution in [0.25, 0.3) is 0 Å². The molecule has 0 amide bonds. The smallest absolute Gasteiger partial charge is 0.00725 e. The summed E-state index contributed by atoms with van der Waals surface area (Å²) in [6, 6.07) is 0. The maximum absolute atomic E-state index is 3.45. The van der Waals surface area contributed by atoms with Crippen LogP contribution in [0, 0.1) is 5.92 Å². The summed E-state index contributed by atoms with van der Waals surface area (Å²) in [5.74, 6) is 3.66. The van der Waals surface area contributed by atoms with Gasteiger partial charge in [-0.3, -0.25) is 0 Å².